The van der Waals surface area contributed by atoms with Gasteiger partial charge in [0.1, 0.15) is 5.82 Å². The summed E-state index contributed by atoms with van der Waals surface area (Å²) in [4.78, 5) is 22.1. The summed E-state index contributed by atoms with van der Waals surface area (Å²) in [6.07, 6.45) is 0.208. The van der Waals surface area contributed by atoms with Crippen LogP contribution in [0.4, 0.5) is 4.39 Å². The van der Waals surface area contributed by atoms with E-state index in [2.05, 4.69) is 5.32 Å². The highest BCUT2D eigenvalue weighted by Gasteiger charge is 2.17. The van der Waals surface area contributed by atoms with Crippen LogP contribution < -0.4 is 5.32 Å². The van der Waals surface area contributed by atoms with E-state index < -0.39 is 17.7 Å². The lowest BCUT2D eigenvalue weighted by atomic mass is 10.1. The third-order valence-electron chi connectivity index (χ3n) is 2.36. The first-order valence-electron chi connectivity index (χ1n) is 5.38. The number of rotatable bonds is 5. The first-order chi connectivity index (χ1) is 8.41. The van der Waals surface area contributed by atoms with Gasteiger partial charge in [0.05, 0.1) is 10.6 Å². The third-order valence-corrected chi connectivity index (χ3v) is 2.67. The Labute approximate surface area is 109 Å². The summed E-state index contributed by atoms with van der Waals surface area (Å²) in [6.45, 7) is 1.65. The first kappa shape index (κ1) is 14.4. The van der Waals surface area contributed by atoms with E-state index in [0.717, 1.165) is 6.07 Å². The van der Waals surface area contributed by atoms with Crippen molar-refractivity contribution in [1.82, 2.24) is 5.32 Å². The van der Waals surface area contributed by atoms with Crippen molar-refractivity contribution in [2.24, 2.45) is 0 Å². The van der Waals surface area contributed by atoms with Gasteiger partial charge in [-0.15, -0.1) is 0 Å². The number of carboxylic acids is 1. The molecule has 4 nitrogen and oxygen atoms in total. The van der Waals surface area contributed by atoms with Crippen molar-refractivity contribution in [3.8, 4) is 0 Å². The van der Waals surface area contributed by atoms with E-state index in [1.165, 1.54) is 12.1 Å². The van der Waals surface area contributed by atoms with E-state index >= 15 is 0 Å². The molecular formula is C12H13ClFNO3. The molecule has 6 heteroatoms. The number of halogens is 2. The van der Waals surface area contributed by atoms with Crippen molar-refractivity contribution >= 4 is 23.5 Å². The summed E-state index contributed by atoms with van der Waals surface area (Å²) in [7, 11) is 0. The second-order valence-electron chi connectivity index (χ2n) is 3.90. The zero-order valence-corrected chi connectivity index (χ0v) is 10.5. The normalized spacial score (nSPS) is 11.9. The molecule has 2 N–H and O–H groups in total. The van der Waals surface area contributed by atoms with E-state index in [1.54, 1.807) is 6.92 Å². The number of carbonyl (C=O) groups excluding carboxylic acids is 1. The number of hydrogen-bond acceptors (Lipinski definition) is 2. The minimum Gasteiger partial charge on any atom is -0.481 e. The Morgan fingerprint density at radius 2 is 2.17 bits per heavy atom. The number of carbonyl (C=O) groups is 2. The lowest BCUT2D eigenvalue weighted by molar-refractivity contribution is -0.137. The van der Waals surface area contributed by atoms with Gasteiger partial charge in [-0.1, -0.05) is 17.7 Å². The maximum Gasteiger partial charge on any atom is 0.303 e. The number of hydrogen-bond donors (Lipinski definition) is 2. The Morgan fingerprint density at radius 3 is 2.72 bits per heavy atom. The van der Waals surface area contributed by atoms with Crippen molar-refractivity contribution in [2.45, 2.75) is 25.8 Å². The van der Waals surface area contributed by atoms with Gasteiger partial charge in [0, 0.05) is 12.5 Å². The molecule has 0 aliphatic carbocycles. The molecule has 1 amide bonds. The molecule has 0 radical (unpaired) electrons. The maximum atomic E-state index is 13.4. The summed E-state index contributed by atoms with van der Waals surface area (Å²) in [5.41, 5.74) is -0.221. The van der Waals surface area contributed by atoms with Crippen molar-refractivity contribution < 1.29 is 19.1 Å². The lowest BCUT2D eigenvalue weighted by Crippen LogP contribution is -2.33. The smallest absolute Gasteiger partial charge is 0.303 e. The third kappa shape index (κ3) is 4.00. The summed E-state index contributed by atoms with van der Waals surface area (Å²) in [5, 5.41) is 11.0. The zero-order valence-electron chi connectivity index (χ0n) is 9.74. The van der Waals surface area contributed by atoms with Crippen LogP contribution in [0, 0.1) is 5.82 Å². The predicted octanol–water partition coefficient (Wildman–Crippen LogP) is 2.46. The van der Waals surface area contributed by atoms with Crippen LogP contribution in [-0.2, 0) is 4.79 Å². The van der Waals surface area contributed by atoms with E-state index in [0.29, 0.717) is 0 Å². The van der Waals surface area contributed by atoms with E-state index in [1.807, 2.05) is 0 Å². The van der Waals surface area contributed by atoms with Crippen molar-refractivity contribution in [1.29, 1.82) is 0 Å². The van der Waals surface area contributed by atoms with Crippen LogP contribution in [0.3, 0.4) is 0 Å². The molecule has 1 aromatic carbocycles. The molecule has 98 valence electrons. The minimum absolute atomic E-state index is 0.0259. The highest BCUT2D eigenvalue weighted by atomic mass is 35.5. The van der Waals surface area contributed by atoms with Crippen LogP contribution in [0.1, 0.15) is 30.1 Å². The van der Waals surface area contributed by atoms with E-state index in [-0.39, 0.29) is 29.5 Å². The number of benzene rings is 1. The Kier molecular flexibility index (Phi) is 5.09. The highest BCUT2D eigenvalue weighted by Crippen LogP contribution is 2.18. The van der Waals surface area contributed by atoms with Crippen LogP contribution in [0.25, 0.3) is 0 Å². The minimum atomic E-state index is -0.944. The molecular weight excluding hydrogens is 261 g/mol. The van der Waals surface area contributed by atoms with Gasteiger partial charge in [-0.2, -0.15) is 0 Å². The van der Waals surface area contributed by atoms with Gasteiger partial charge in [0.2, 0.25) is 0 Å². The molecule has 0 aromatic heterocycles. The van der Waals surface area contributed by atoms with Crippen LogP contribution in [0.5, 0.6) is 0 Å². The molecule has 1 rings (SSSR count). The molecule has 18 heavy (non-hydrogen) atoms. The lowest BCUT2D eigenvalue weighted by Gasteiger charge is -2.13. The Balaban J connectivity index is 2.68. The van der Waals surface area contributed by atoms with Crippen LogP contribution in [-0.4, -0.2) is 23.0 Å². The largest absolute Gasteiger partial charge is 0.481 e. The van der Waals surface area contributed by atoms with Crippen LogP contribution in [0.2, 0.25) is 5.02 Å². The molecule has 0 saturated heterocycles. The standard InChI is InChI=1S/C12H13ClFNO3/c1-7(5-6-10(16)17)15-12(18)11-8(13)3-2-4-9(11)14/h2-4,7H,5-6H2,1H3,(H,15,18)(H,16,17). The molecule has 0 aliphatic heterocycles. The van der Waals surface area contributed by atoms with Gasteiger partial charge in [-0.3, -0.25) is 9.59 Å². The SMILES string of the molecule is CC(CCC(=O)O)NC(=O)c1c(F)cccc1Cl. The summed E-state index contributed by atoms with van der Waals surface area (Å²) >= 11 is 5.74. The average molecular weight is 274 g/mol. The average Bonchev–Trinajstić information content (AvgIpc) is 2.26. The van der Waals surface area contributed by atoms with E-state index in [4.69, 9.17) is 16.7 Å². The number of nitrogens with one attached hydrogen (secondary N) is 1. The van der Waals surface area contributed by atoms with Gasteiger partial charge in [0.25, 0.3) is 5.91 Å². The molecule has 0 heterocycles. The predicted molar refractivity (Wildman–Crippen MR) is 65.2 cm³/mol. The summed E-state index contributed by atoms with van der Waals surface area (Å²) in [5.74, 6) is -2.29. The second kappa shape index (κ2) is 6.35. The monoisotopic (exact) mass is 273 g/mol. The number of amides is 1. The van der Waals surface area contributed by atoms with E-state index in [9.17, 15) is 14.0 Å². The Bertz CT molecular complexity index is 444. The fraction of sp³-hybridized carbons (Fsp3) is 0.333. The molecule has 1 atom stereocenters. The molecule has 1 aromatic rings. The molecule has 0 bridgehead atoms. The van der Waals surface area contributed by atoms with Gasteiger partial charge >= 0.3 is 5.97 Å². The zero-order chi connectivity index (χ0) is 13.7. The highest BCUT2D eigenvalue weighted by molar-refractivity contribution is 6.33. The first-order valence-corrected chi connectivity index (χ1v) is 5.76. The number of carboxylic acid groups (broad SMARTS) is 1. The summed E-state index contributed by atoms with van der Waals surface area (Å²) in [6, 6.07) is 3.59. The van der Waals surface area contributed by atoms with Crippen molar-refractivity contribution in [3.63, 3.8) is 0 Å². The van der Waals surface area contributed by atoms with Crippen LogP contribution >= 0.6 is 11.6 Å². The Hall–Kier alpha value is -1.62. The topological polar surface area (TPSA) is 66.4 Å². The molecule has 0 spiro atoms. The molecule has 0 saturated carbocycles. The second-order valence-corrected chi connectivity index (χ2v) is 4.31. The van der Waals surface area contributed by atoms with Gasteiger partial charge in [0.15, 0.2) is 0 Å². The maximum absolute atomic E-state index is 13.4. The summed E-state index contributed by atoms with van der Waals surface area (Å²) < 4.78 is 13.4. The Morgan fingerprint density at radius 1 is 1.50 bits per heavy atom. The van der Waals surface area contributed by atoms with Gasteiger partial charge in [-0.25, -0.2) is 4.39 Å². The van der Waals surface area contributed by atoms with Crippen molar-refractivity contribution in [3.05, 3.63) is 34.6 Å². The fourth-order valence-electron chi connectivity index (χ4n) is 1.42. The quantitative estimate of drug-likeness (QED) is 0.866. The fourth-order valence-corrected chi connectivity index (χ4v) is 1.67. The number of aliphatic carboxylic acids is 1. The van der Waals surface area contributed by atoms with Gasteiger partial charge < -0.3 is 10.4 Å². The molecule has 0 aliphatic rings. The van der Waals surface area contributed by atoms with Gasteiger partial charge in [-0.05, 0) is 25.5 Å². The van der Waals surface area contributed by atoms with Crippen molar-refractivity contribution in [2.75, 3.05) is 0 Å². The molecule has 1 unspecified atom stereocenters. The molecule has 0 fully saturated rings. The van der Waals surface area contributed by atoms with Crippen LogP contribution in [0.15, 0.2) is 18.2 Å².